The van der Waals surface area contributed by atoms with E-state index in [9.17, 15) is 8.78 Å². The van der Waals surface area contributed by atoms with Crippen LogP contribution in [0.4, 0.5) is 8.78 Å². The zero-order valence-electron chi connectivity index (χ0n) is 6.63. The third kappa shape index (κ3) is 1.91. The highest BCUT2D eigenvalue weighted by Crippen LogP contribution is 2.31. The number of alkyl halides is 2. The highest BCUT2D eigenvalue weighted by Gasteiger charge is 2.28. The molecule has 0 saturated carbocycles. The quantitative estimate of drug-likeness (QED) is 0.607. The lowest BCUT2D eigenvalue weighted by Gasteiger charge is -2.13. The molecule has 0 heterocycles. The molecule has 12 heavy (non-hydrogen) atoms. The van der Waals surface area contributed by atoms with Crippen LogP contribution in [-0.2, 0) is 5.92 Å². The Hall–Kier alpha value is -1.18. The summed E-state index contributed by atoms with van der Waals surface area (Å²) in [5, 5.41) is 0. The Bertz CT molecular complexity index is 252. The van der Waals surface area contributed by atoms with E-state index in [1.807, 2.05) is 0 Å². The van der Waals surface area contributed by atoms with Gasteiger partial charge in [0.25, 0.3) is 5.92 Å². The van der Waals surface area contributed by atoms with E-state index in [-0.39, 0.29) is 12.0 Å². The lowest BCUT2D eigenvalue weighted by atomic mass is 10.1. The van der Waals surface area contributed by atoms with Crippen molar-refractivity contribution in [2.24, 2.45) is 0 Å². The standard InChI is InChI=1S/C10H10F2/c1-2-8-10(11,12)9-6-4-3-5-7-9/h2-7H,1,8H2. The monoisotopic (exact) mass is 168 g/mol. The highest BCUT2D eigenvalue weighted by molar-refractivity contribution is 5.20. The molecule has 0 spiro atoms. The maximum atomic E-state index is 13.1. The SMILES string of the molecule is C=CCC(F)(F)c1ccccc1. The number of hydrogen-bond donors (Lipinski definition) is 0. The average molecular weight is 168 g/mol. The molecule has 1 rings (SSSR count). The fourth-order valence-electron chi connectivity index (χ4n) is 0.981. The predicted octanol–water partition coefficient (Wildman–Crippen LogP) is 3.35. The fourth-order valence-corrected chi connectivity index (χ4v) is 0.981. The van der Waals surface area contributed by atoms with Crippen molar-refractivity contribution in [3.8, 4) is 0 Å². The van der Waals surface area contributed by atoms with Crippen LogP contribution in [0.2, 0.25) is 0 Å². The van der Waals surface area contributed by atoms with Crippen LogP contribution in [0.25, 0.3) is 0 Å². The predicted molar refractivity (Wildman–Crippen MR) is 45.2 cm³/mol. The molecule has 0 aliphatic rings. The zero-order valence-corrected chi connectivity index (χ0v) is 6.63. The number of halogens is 2. The minimum atomic E-state index is -2.77. The Labute approximate surface area is 70.5 Å². The molecule has 0 saturated heterocycles. The van der Waals surface area contributed by atoms with Crippen LogP contribution >= 0.6 is 0 Å². The first-order chi connectivity index (χ1) is 5.67. The molecule has 0 aromatic heterocycles. The maximum Gasteiger partial charge on any atom is 0.276 e. The van der Waals surface area contributed by atoms with Gasteiger partial charge >= 0.3 is 0 Å². The first kappa shape index (κ1) is 8.91. The van der Waals surface area contributed by atoms with Gasteiger partial charge in [-0.15, -0.1) is 6.58 Å². The second-order valence-electron chi connectivity index (χ2n) is 2.56. The summed E-state index contributed by atoms with van der Waals surface area (Å²) >= 11 is 0. The minimum absolute atomic E-state index is 0.0462. The van der Waals surface area contributed by atoms with Crippen LogP contribution in [0.5, 0.6) is 0 Å². The van der Waals surface area contributed by atoms with Crippen molar-refractivity contribution in [1.29, 1.82) is 0 Å². The van der Waals surface area contributed by atoms with Crippen LogP contribution in [0.3, 0.4) is 0 Å². The van der Waals surface area contributed by atoms with E-state index in [0.717, 1.165) is 0 Å². The number of hydrogen-bond acceptors (Lipinski definition) is 0. The van der Waals surface area contributed by atoms with Crippen LogP contribution < -0.4 is 0 Å². The van der Waals surface area contributed by atoms with Crippen molar-refractivity contribution in [3.05, 3.63) is 48.6 Å². The molecule has 0 atom stereocenters. The third-order valence-corrected chi connectivity index (χ3v) is 1.60. The molecular weight excluding hydrogens is 158 g/mol. The summed E-state index contributed by atoms with van der Waals surface area (Å²) < 4.78 is 26.2. The largest absolute Gasteiger partial charge is 0.276 e. The van der Waals surface area contributed by atoms with E-state index in [0.29, 0.717) is 0 Å². The Balaban J connectivity index is 2.89. The second kappa shape index (κ2) is 3.48. The van der Waals surface area contributed by atoms with Crippen LogP contribution in [0.15, 0.2) is 43.0 Å². The van der Waals surface area contributed by atoms with E-state index in [2.05, 4.69) is 6.58 Å². The molecule has 1 aromatic carbocycles. The molecule has 64 valence electrons. The van der Waals surface area contributed by atoms with Gasteiger partial charge in [-0.05, 0) is 0 Å². The third-order valence-electron chi connectivity index (χ3n) is 1.60. The first-order valence-electron chi connectivity index (χ1n) is 3.71. The maximum absolute atomic E-state index is 13.1. The lowest BCUT2D eigenvalue weighted by Crippen LogP contribution is -2.11. The van der Waals surface area contributed by atoms with Gasteiger partial charge < -0.3 is 0 Å². The summed E-state index contributed by atoms with van der Waals surface area (Å²) in [6, 6.07) is 7.76. The molecule has 0 bridgehead atoms. The smallest absolute Gasteiger partial charge is 0.201 e. The van der Waals surface area contributed by atoms with Gasteiger partial charge in [-0.25, -0.2) is 8.78 Å². The van der Waals surface area contributed by atoms with Gasteiger partial charge in [0.2, 0.25) is 0 Å². The van der Waals surface area contributed by atoms with Gasteiger partial charge in [-0.2, -0.15) is 0 Å². The van der Waals surface area contributed by atoms with Gasteiger partial charge in [-0.1, -0.05) is 36.4 Å². The molecule has 0 amide bonds. The normalized spacial score (nSPS) is 11.2. The van der Waals surface area contributed by atoms with Gasteiger partial charge in [0.1, 0.15) is 0 Å². The molecule has 1 aromatic rings. The summed E-state index contributed by atoms with van der Waals surface area (Å²) in [5.74, 6) is -2.77. The highest BCUT2D eigenvalue weighted by atomic mass is 19.3. The number of rotatable bonds is 3. The summed E-state index contributed by atoms with van der Waals surface area (Å²) in [6.45, 7) is 3.29. The molecule has 0 nitrogen and oxygen atoms in total. The molecule has 0 unspecified atom stereocenters. The van der Waals surface area contributed by atoms with Crippen molar-refractivity contribution in [2.45, 2.75) is 12.3 Å². The van der Waals surface area contributed by atoms with Crippen LogP contribution in [0, 0.1) is 0 Å². The van der Waals surface area contributed by atoms with Crippen molar-refractivity contribution < 1.29 is 8.78 Å². The number of benzene rings is 1. The molecule has 0 radical (unpaired) electrons. The molecule has 2 heteroatoms. The Morgan fingerprint density at radius 3 is 2.33 bits per heavy atom. The van der Waals surface area contributed by atoms with Gasteiger partial charge in [-0.3, -0.25) is 0 Å². The summed E-state index contributed by atoms with van der Waals surface area (Å²) in [6.07, 6.45) is 0.921. The van der Waals surface area contributed by atoms with E-state index in [1.54, 1.807) is 18.2 Å². The minimum Gasteiger partial charge on any atom is -0.201 e. The lowest BCUT2D eigenvalue weighted by molar-refractivity contribution is -0.000846. The molecular formula is C10H10F2. The molecule has 0 fully saturated rings. The van der Waals surface area contributed by atoms with Gasteiger partial charge in [0, 0.05) is 12.0 Å². The van der Waals surface area contributed by atoms with E-state index in [4.69, 9.17) is 0 Å². The van der Waals surface area contributed by atoms with E-state index < -0.39 is 5.92 Å². The van der Waals surface area contributed by atoms with E-state index >= 15 is 0 Å². The van der Waals surface area contributed by atoms with Crippen LogP contribution in [0.1, 0.15) is 12.0 Å². The topological polar surface area (TPSA) is 0 Å². The van der Waals surface area contributed by atoms with Crippen molar-refractivity contribution in [3.63, 3.8) is 0 Å². The Kier molecular flexibility index (Phi) is 2.58. The van der Waals surface area contributed by atoms with Crippen molar-refractivity contribution >= 4 is 0 Å². The summed E-state index contributed by atoms with van der Waals surface area (Å²) in [5.41, 5.74) is 0.0462. The molecule has 0 N–H and O–H groups in total. The molecule has 0 aliphatic heterocycles. The Morgan fingerprint density at radius 1 is 1.25 bits per heavy atom. The fraction of sp³-hybridized carbons (Fsp3) is 0.200. The molecule has 0 aliphatic carbocycles. The summed E-state index contributed by atoms with van der Waals surface area (Å²) in [4.78, 5) is 0. The van der Waals surface area contributed by atoms with Crippen LogP contribution in [-0.4, -0.2) is 0 Å². The second-order valence-corrected chi connectivity index (χ2v) is 2.56. The van der Waals surface area contributed by atoms with Gasteiger partial charge in [0.15, 0.2) is 0 Å². The number of allylic oxidation sites excluding steroid dienone is 1. The van der Waals surface area contributed by atoms with Crippen molar-refractivity contribution in [2.75, 3.05) is 0 Å². The Morgan fingerprint density at radius 2 is 1.83 bits per heavy atom. The zero-order chi connectivity index (χ0) is 9.03. The van der Waals surface area contributed by atoms with Gasteiger partial charge in [0.05, 0.1) is 0 Å². The first-order valence-corrected chi connectivity index (χ1v) is 3.71. The van der Waals surface area contributed by atoms with Crippen molar-refractivity contribution in [1.82, 2.24) is 0 Å². The van der Waals surface area contributed by atoms with E-state index in [1.165, 1.54) is 18.2 Å². The summed E-state index contributed by atoms with van der Waals surface area (Å²) in [7, 11) is 0. The average Bonchev–Trinajstić information content (AvgIpc) is 2.06.